The molecule has 12 heteroatoms. The van der Waals surface area contributed by atoms with Crippen LogP contribution in [0.15, 0.2) is 18.2 Å². The number of amides is 1. The molecule has 1 aromatic carbocycles. The zero-order valence-electron chi connectivity index (χ0n) is 26.2. The van der Waals surface area contributed by atoms with Crippen LogP contribution in [0.5, 0.6) is 11.5 Å². The largest absolute Gasteiger partial charge is 0.514 e. The first-order valence-electron chi connectivity index (χ1n) is 14.6. The van der Waals surface area contributed by atoms with Crippen LogP contribution in [0, 0.1) is 5.82 Å². The summed E-state index contributed by atoms with van der Waals surface area (Å²) in [7, 11) is 6.07. The van der Waals surface area contributed by atoms with Crippen molar-refractivity contribution in [2.24, 2.45) is 0 Å². The lowest BCUT2D eigenvalue weighted by Crippen LogP contribution is -2.55. The minimum absolute atomic E-state index is 0.0148. The molecule has 234 valence electrons. The van der Waals surface area contributed by atoms with Gasteiger partial charge in [0.1, 0.15) is 45.9 Å². The smallest absolute Gasteiger partial charge is 0.489 e. The maximum absolute atomic E-state index is 15.7. The van der Waals surface area contributed by atoms with Crippen LogP contribution in [0.4, 0.5) is 15.0 Å². The van der Waals surface area contributed by atoms with Gasteiger partial charge in [-0.05, 0) is 74.3 Å². The quantitative estimate of drug-likeness (QED) is 0.350. The number of anilines is 1. The number of rotatable bonds is 4. The minimum atomic E-state index is -0.993. The molecule has 43 heavy (non-hydrogen) atoms. The Morgan fingerprint density at radius 1 is 1.19 bits per heavy atom. The van der Waals surface area contributed by atoms with Crippen molar-refractivity contribution in [3.63, 3.8) is 0 Å². The Morgan fingerprint density at radius 2 is 1.91 bits per heavy atom. The molecule has 2 fully saturated rings. The van der Waals surface area contributed by atoms with E-state index < -0.39 is 23.1 Å². The van der Waals surface area contributed by atoms with Crippen LogP contribution in [-0.2, 0) is 4.74 Å². The van der Waals surface area contributed by atoms with Gasteiger partial charge in [0.2, 0.25) is 0 Å². The fraction of sp³-hybridized carbons (Fsp3) is 0.581. The Labute approximate surface area is 257 Å². The molecule has 0 spiro atoms. The van der Waals surface area contributed by atoms with Crippen LogP contribution < -0.4 is 14.4 Å². The van der Waals surface area contributed by atoms with Crippen LogP contribution >= 0.6 is 11.6 Å². The van der Waals surface area contributed by atoms with E-state index in [1.165, 1.54) is 18.2 Å². The van der Waals surface area contributed by atoms with Crippen LogP contribution in [0.3, 0.4) is 0 Å². The third-order valence-electron chi connectivity index (χ3n) is 8.47. The highest BCUT2D eigenvalue weighted by molar-refractivity contribution is 6.35. The number of carbonyl (C=O) groups excluding carboxylic acids is 2. The van der Waals surface area contributed by atoms with E-state index >= 15 is 4.39 Å². The lowest BCUT2D eigenvalue weighted by molar-refractivity contribution is 0.0206. The van der Waals surface area contributed by atoms with Gasteiger partial charge in [-0.25, -0.2) is 14.2 Å². The van der Waals surface area contributed by atoms with Crippen molar-refractivity contribution in [1.82, 2.24) is 19.7 Å². The molecule has 0 bridgehead atoms. The standard InChI is InChI=1S/C31H41ClFN5O5/c1-30(2,3)43-29(40)42-20-11-9-10-19(33)22(20)25-24(32)26-23(28(39)37-15-14-36(8)16-18(37)17-41-26)27(34-25)38-13-12-21(35(6)7)31(38,4)5/h9-11,18,21H,12-17H2,1-8H3/t18-,21?/m1/s1. The molecule has 1 aromatic heterocycles. The van der Waals surface area contributed by atoms with Crippen molar-refractivity contribution in [3.8, 4) is 22.8 Å². The first-order chi connectivity index (χ1) is 20.1. The molecule has 2 saturated heterocycles. The Balaban J connectivity index is 1.71. The highest BCUT2D eigenvalue weighted by atomic mass is 35.5. The second-order valence-corrected chi connectivity index (χ2v) is 13.7. The number of aromatic nitrogens is 1. The van der Waals surface area contributed by atoms with E-state index in [1.54, 1.807) is 20.8 Å². The number of nitrogens with zero attached hydrogens (tertiary/aromatic N) is 5. The monoisotopic (exact) mass is 617 g/mol. The number of hydrogen-bond acceptors (Lipinski definition) is 9. The number of benzene rings is 1. The Hall–Kier alpha value is -3.15. The molecule has 3 aliphatic heterocycles. The fourth-order valence-corrected chi connectivity index (χ4v) is 6.77. The molecule has 1 unspecified atom stereocenters. The molecule has 1 amide bonds. The predicted molar refractivity (Wildman–Crippen MR) is 163 cm³/mol. The van der Waals surface area contributed by atoms with E-state index in [0.717, 1.165) is 13.0 Å². The van der Waals surface area contributed by atoms with Crippen molar-refractivity contribution >= 4 is 29.5 Å². The third-order valence-corrected chi connectivity index (χ3v) is 8.82. The van der Waals surface area contributed by atoms with Crippen LogP contribution in [0.1, 0.15) is 51.4 Å². The van der Waals surface area contributed by atoms with Gasteiger partial charge < -0.3 is 33.8 Å². The summed E-state index contributed by atoms with van der Waals surface area (Å²) in [4.78, 5) is 40.2. The summed E-state index contributed by atoms with van der Waals surface area (Å²) in [6, 6.07) is 4.09. The zero-order valence-corrected chi connectivity index (χ0v) is 26.9. The molecule has 4 heterocycles. The molecular weight excluding hydrogens is 577 g/mol. The summed E-state index contributed by atoms with van der Waals surface area (Å²) in [5.41, 5.74) is -1.12. The third kappa shape index (κ3) is 5.86. The van der Waals surface area contributed by atoms with Crippen molar-refractivity contribution in [3.05, 3.63) is 34.6 Å². The predicted octanol–water partition coefficient (Wildman–Crippen LogP) is 4.92. The molecule has 2 aromatic rings. The average molecular weight is 618 g/mol. The van der Waals surface area contributed by atoms with Crippen molar-refractivity contribution in [2.45, 2.75) is 64.3 Å². The molecule has 2 atom stereocenters. The van der Waals surface area contributed by atoms with Gasteiger partial charge in [0.15, 0.2) is 5.75 Å². The number of carbonyl (C=O) groups is 2. The topological polar surface area (TPSA) is 87.7 Å². The van der Waals surface area contributed by atoms with Gasteiger partial charge in [-0.3, -0.25) is 4.79 Å². The summed E-state index contributed by atoms with van der Waals surface area (Å²) in [5.74, 6) is -0.517. The van der Waals surface area contributed by atoms with E-state index in [9.17, 15) is 9.59 Å². The van der Waals surface area contributed by atoms with E-state index in [4.69, 9.17) is 30.8 Å². The number of halogens is 2. The van der Waals surface area contributed by atoms with E-state index in [1.807, 2.05) is 26.0 Å². The van der Waals surface area contributed by atoms with E-state index in [-0.39, 0.29) is 57.9 Å². The van der Waals surface area contributed by atoms with Crippen LogP contribution in [0.2, 0.25) is 5.02 Å². The van der Waals surface area contributed by atoms with Crippen molar-refractivity contribution in [1.29, 1.82) is 0 Å². The van der Waals surface area contributed by atoms with Crippen LogP contribution in [-0.4, -0.2) is 109 Å². The lowest BCUT2D eigenvalue weighted by atomic mass is 9.94. The van der Waals surface area contributed by atoms with Gasteiger partial charge in [-0.1, -0.05) is 17.7 Å². The molecule has 3 aliphatic rings. The fourth-order valence-electron chi connectivity index (χ4n) is 6.48. The number of likely N-dealkylation sites (N-methyl/N-ethyl adjacent to an activating group) is 2. The summed E-state index contributed by atoms with van der Waals surface area (Å²) < 4.78 is 32.9. The first kappa shape index (κ1) is 31.3. The van der Waals surface area contributed by atoms with Crippen molar-refractivity contribution in [2.75, 3.05) is 58.8 Å². The van der Waals surface area contributed by atoms with Gasteiger partial charge in [0, 0.05) is 32.2 Å². The van der Waals surface area contributed by atoms with Gasteiger partial charge >= 0.3 is 6.16 Å². The molecule has 0 saturated carbocycles. The second-order valence-electron chi connectivity index (χ2n) is 13.3. The molecule has 0 radical (unpaired) electrons. The van der Waals surface area contributed by atoms with Gasteiger partial charge in [0.25, 0.3) is 5.91 Å². The number of fused-ring (bicyclic) bond motifs is 2. The second kappa shape index (κ2) is 11.4. The summed E-state index contributed by atoms with van der Waals surface area (Å²) >= 11 is 7.01. The summed E-state index contributed by atoms with van der Waals surface area (Å²) in [6.07, 6.45) is -0.166. The van der Waals surface area contributed by atoms with E-state index in [0.29, 0.717) is 25.5 Å². The number of piperazine rings is 1. The Bertz CT molecular complexity index is 1430. The highest BCUT2D eigenvalue weighted by Gasteiger charge is 2.47. The number of pyridine rings is 1. The molecule has 10 nitrogen and oxygen atoms in total. The average Bonchev–Trinajstić information content (AvgIpc) is 3.13. The normalized spacial score (nSPS) is 22.2. The number of hydrogen-bond donors (Lipinski definition) is 0. The molecular formula is C31H41ClFN5O5. The minimum Gasteiger partial charge on any atom is -0.489 e. The van der Waals surface area contributed by atoms with Gasteiger partial charge in [0.05, 0.1) is 17.1 Å². The van der Waals surface area contributed by atoms with Crippen molar-refractivity contribution < 1.29 is 28.2 Å². The summed E-state index contributed by atoms with van der Waals surface area (Å²) in [5, 5.41) is -0.0272. The maximum atomic E-state index is 15.7. The lowest BCUT2D eigenvalue weighted by Gasteiger charge is -2.41. The highest BCUT2D eigenvalue weighted by Crippen LogP contribution is 2.48. The molecule has 0 N–H and O–H groups in total. The molecule has 0 aliphatic carbocycles. The Morgan fingerprint density at radius 3 is 2.56 bits per heavy atom. The zero-order chi connectivity index (χ0) is 31.4. The first-order valence-corrected chi connectivity index (χ1v) is 15.0. The van der Waals surface area contributed by atoms with E-state index in [2.05, 4.69) is 28.5 Å². The van der Waals surface area contributed by atoms with Gasteiger partial charge in [-0.15, -0.1) is 0 Å². The summed E-state index contributed by atoms with van der Waals surface area (Å²) in [6.45, 7) is 12.1. The van der Waals surface area contributed by atoms with Gasteiger partial charge in [-0.2, -0.15) is 0 Å². The number of ether oxygens (including phenoxy) is 3. The molecule has 5 rings (SSSR count). The Kier molecular flexibility index (Phi) is 8.30. The SMILES string of the molecule is CN1CCN2C(=O)c3c(N4CCC(N(C)C)C4(C)C)nc(-c4c(F)cccc4OC(=O)OC(C)(C)C)c(Cl)c3OC[C@H]2C1. The van der Waals surface area contributed by atoms with Crippen LogP contribution in [0.25, 0.3) is 11.3 Å². The maximum Gasteiger partial charge on any atom is 0.514 e.